The van der Waals surface area contributed by atoms with E-state index < -0.39 is 0 Å². The summed E-state index contributed by atoms with van der Waals surface area (Å²) in [6.45, 7) is 6.84. The third-order valence-electron chi connectivity index (χ3n) is 4.08. The third-order valence-corrected chi connectivity index (χ3v) is 4.08. The van der Waals surface area contributed by atoms with Crippen LogP contribution in [0.3, 0.4) is 0 Å². The number of ether oxygens (including phenoxy) is 2. The number of aromatic nitrogens is 2. The van der Waals surface area contributed by atoms with Gasteiger partial charge in [-0.25, -0.2) is 0 Å². The molecule has 106 valence electrons. The van der Waals surface area contributed by atoms with Gasteiger partial charge in [0.05, 0.1) is 18.9 Å². The van der Waals surface area contributed by atoms with Crippen LogP contribution in [0.4, 0.5) is 0 Å². The van der Waals surface area contributed by atoms with Gasteiger partial charge in [-0.05, 0) is 18.4 Å². The first-order valence-electron chi connectivity index (χ1n) is 7.15. The number of methoxy groups -OCH3 is 1. The zero-order valence-electron chi connectivity index (χ0n) is 11.6. The van der Waals surface area contributed by atoms with E-state index in [1.54, 1.807) is 7.11 Å². The van der Waals surface area contributed by atoms with Crippen LogP contribution in [0.2, 0.25) is 0 Å². The largest absolute Gasteiger partial charge is 0.384 e. The van der Waals surface area contributed by atoms with Crippen LogP contribution in [0, 0.1) is 11.8 Å². The van der Waals surface area contributed by atoms with Gasteiger partial charge in [-0.3, -0.25) is 9.58 Å². The molecule has 3 heterocycles. The molecule has 0 spiro atoms. The summed E-state index contributed by atoms with van der Waals surface area (Å²) in [6, 6.07) is 2.13. The predicted octanol–water partition coefficient (Wildman–Crippen LogP) is 0.998. The molecule has 5 heteroatoms. The van der Waals surface area contributed by atoms with Crippen molar-refractivity contribution in [3.63, 3.8) is 0 Å². The van der Waals surface area contributed by atoms with Gasteiger partial charge in [0.1, 0.15) is 0 Å². The SMILES string of the molecule is COC[C@@H]1CN(C[C@H]2CCOC2)Cc2ccnn2C1. The van der Waals surface area contributed by atoms with Crippen LogP contribution in [0.1, 0.15) is 12.1 Å². The van der Waals surface area contributed by atoms with Gasteiger partial charge >= 0.3 is 0 Å². The summed E-state index contributed by atoms with van der Waals surface area (Å²) >= 11 is 0. The Kier molecular flexibility index (Phi) is 4.15. The minimum Gasteiger partial charge on any atom is -0.384 e. The molecule has 1 saturated heterocycles. The summed E-state index contributed by atoms with van der Waals surface area (Å²) in [6.07, 6.45) is 3.10. The van der Waals surface area contributed by atoms with E-state index in [2.05, 4.69) is 20.7 Å². The second-order valence-corrected chi connectivity index (χ2v) is 5.75. The lowest BCUT2D eigenvalue weighted by molar-refractivity contribution is 0.107. The summed E-state index contributed by atoms with van der Waals surface area (Å²) in [4.78, 5) is 2.55. The molecule has 19 heavy (non-hydrogen) atoms. The Morgan fingerprint density at radius 3 is 3.16 bits per heavy atom. The van der Waals surface area contributed by atoms with E-state index in [0.29, 0.717) is 11.8 Å². The van der Waals surface area contributed by atoms with E-state index in [-0.39, 0.29) is 0 Å². The second kappa shape index (κ2) is 6.03. The molecule has 1 aromatic rings. The molecule has 0 bridgehead atoms. The van der Waals surface area contributed by atoms with Crippen LogP contribution >= 0.6 is 0 Å². The van der Waals surface area contributed by atoms with Crippen LogP contribution in [-0.2, 0) is 22.6 Å². The van der Waals surface area contributed by atoms with Crippen molar-refractivity contribution < 1.29 is 9.47 Å². The van der Waals surface area contributed by atoms with Gasteiger partial charge in [0, 0.05) is 52.0 Å². The second-order valence-electron chi connectivity index (χ2n) is 5.75. The van der Waals surface area contributed by atoms with Gasteiger partial charge in [0.2, 0.25) is 0 Å². The molecule has 5 nitrogen and oxygen atoms in total. The first-order valence-corrected chi connectivity index (χ1v) is 7.15. The van der Waals surface area contributed by atoms with E-state index in [1.807, 2.05) is 6.20 Å². The van der Waals surface area contributed by atoms with Crippen LogP contribution in [0.5, 0.6) is 0 Å². The highest BCUT2D eigenvalue weighted by Gasteiger charge is 2.25. The Morgan fingerprint density at radius 1 is 1.42 bits per heavy atom. The summed E-state index contributed by atoms with van der Waals surface area (Å²) in [5, 5.41) is 4.43. The molecule has 2 atom stereocenters. The number of nitrogens with zero attached hydrogens (tertiary/aromatic N) is 3. The number of hydrogen-bond donors (Lipinski definition) is 0. The Balaban J connectivity index is 1.68. The van der Waals surface area contributed by atoms with E-state index in [9.17, 15) is 0 Å². The maximum absolute atomic E-state index is 5.49. The van der Waals surface area contributed by atoms with Crippen LogP contribution in [0.25, 0.3) is 0 Å². The van der Waals surface area contributed by atoms with E-state index in [1.165, 1.54) is 12.1 Å². The minimum atomic E-state index is 0.522. The van der Waals surface area contributed by atoms with Gasteiger partial charge in [-0.1, -0.05) is 0 Å². The van der Waals surface area contributed by atoms with Crippen LogP contribution in [-0.4, -0.2) is 54.7 Å². The number of fused-ring (bicyclic) bond motifs is 1. The normalized spacial score (nSPS) is 28.3. The van der Waals surface area contributed by atoms with Gasteiger partial charge in [-0.15, -0.1) is 0 Å². The maximum atomic E-state index is 5.49. The molecule has 2 aliphatic rings. The minimum absolute atomic E-state index is 0.522. The Bertz CT molecular complexity index is 401. The van der Waals surface area contributed by atoms with Gasteiger partial charge in [0.25, 0.3) is 0 Å². The van der Waals surface area contributed by atoms with E-state index in [0.717, 1.165) is 46.0 Å². The molecule has 0 amide bonds. The average Bonchev–Trinajstić information content (AvgIpc) is 3.00. The zero-order valence-corrected chi connectivity index (χ0v) is 11.6. The highest BCUT2D eigenvalue weighted by molar-refractivity contribution is 5.02. The molecule has 1 aromatic heterocycles. The van der Waals surface area contributed by atoms with Crippen molar-refractivity contribution in [1.82, 2.24) is 14.7 Å². The molecule has 1 fully saturated rings. The lowest BCUT2D eigenvalue weighted by Gasteiger charge is -2.25. The molecular formula is C14H23N3O2. The fraction of sp³-hybridized carbons (Fsp3) is 0.786. The van der Waals surface area contributed by atoms with Crippen molar-refractivity contribution in [3.05, 3.63) is 18.0 Å². The summed E-state index contributed by atoms with van der Waals surface area (Å²) < 4.78 is 13.0. The van der Waals surface area contributed by atoms with Crippen LogP contribution < -0.4 is 0 Å². The summed E-state index contributed by atoms with van der Waals surface area (Å²) in [5.41, 5.74) is 1.32. The fourth-order valence-corrected chi connectivity index (χ4v) is 3.19. The van der Waals surface area contributed by atoms with Gasteiger partial charge in [-0.2, -0.15) is 5.10 Å². The predicted molar refractivity (Wildman–Crippen MR) is 71.8 cm³/mol. The zero-order chi connectivity index (χ0) is 13.1. The number of hydrogen-bond acceptors (Lipinski definition) is 4. The lowest BCUT2D eigenvalue weighted by atomic mass is 10.1. The molecule has 3 rings (SSSR count). The topological polar surface area (TPSA) is 39.5 Å². The van der Waals surface area contributed by atoms with Crippen molar-refractivity contribution in [2.75, 3.05) is 40.0 Å². The van der Waals surface area contributed by atoms with Crippen molar-refractivity contribution in [2.45, 2.75) is 19.5 Å². The average molecular weight is 265 g/mol. The van der Waals surface area contributed by atoms with Crippen molar-refractivity contribution >= 4 is 0 Å². The smallest absolute Gasteiger partial charge is 0.0524 e. The van der Waals surface area contributed by atoms with Crippen LogP contribution in [0.15, 0.2) is 12.3 Å². The van der Waals surface area contributed by atoms with Crippen molar-refractivity contribution in [3.8, 4) is 0 Å². The molecule has 0 unspecified atom stereocenters. The highest BCUT2D eigenvalue weighted by Crippen LogP contribution is 2.20. The number of rotatable bonds is 4. The first-order chi connectivity index (χ1) is 9.35. The maximum Gasteiger partial charge on any atom is 0.0524 e. The molecule has 0 N–H and O–H groups in total. The van der Waals surface area contributed by atoms with Gasteiger partial charge in [0.15, 0.2) is 0 Å². The van der Waals surface area contributed by atoms with Gasteiger partial charge < -0.3 is 9.47 Å². The molecular weight excluding hydrogens is 242 g/mol. The summed E-state index contributed by atoms with van der Waals surface area (Å²) in [7, 11) is 1.78. The Hall–Kier alpha value is -0.910. The van der Waals surface area contributed by atoms with E-state index >= 15 is 0 Å². The standard InChI is InChI=1S/C14H23N3O2/c1-18-10-13-7-16(6-12-3-5-19-11-12)9-14-2-4-15-17(14)8-13/h2,4,12-13H,3,5-11H2,1H3/t12-,13-/m1/s1. The molecule has 2 aliphatic heterocycles. The molecule has 0 radical (unpaired) electrons. The lowest BCUT2D eigenvalue weighted by Crippen LogP contribution is -2.34. The molecule has 0 aliphatic carbocycles. The third kappa shape index (κ3) is 3.16. The van der Waals surface area contributed by atoms with Crippen molar-refractivity contribution in [1.29, 1.82) is 0 Å². The quantitative estimate of drug-likeness (QED) is 0.814. The highest BCUT2D eigenvalue weighted by atomic mass is 16.5. The molecule has 0 aromatic carbocycles. The molecule has 0 saturated carbocycles. The fourth-order valence-electron chi connectivity index (χ4n) is 3.19. The Labute approximate surface area is 114 Å². The van der Waals surface area contributed by atoms with E-state index in [4.69, 9.17) is 9.47 Å². The summed E-state index contributed by atoms with van der Waals surface area (Å²) in [5.74, 6) is 1.21. The monoisotopic (exact) mass is 265 g/mol. The van der Waals surface area contributed by atoms with Crippen molar-refractivity contribution in [2.24, 2.45) is 11.8 Å². The Morgan fingerprint density at radius 2 is 2.37 bits per heavy atom. The first kappa shape index (κ1) is 13.1.